The SMILES string of the molecule is Cc1cc(C2CCCNC2)oc(=O)c1C(=O)Nc1nc(C2CCCCC2)cs1.Cl.Cl. The molecule has 3 heterocycles. The Morgan fingerprint density at radius 3 is 2.57 bits per heavy atom. The molecule has 1 aliphatic carbocycles. The first-order valence-electron chi connectivity index (χ1n) is 10.2. The average Bonchev–Trinajstić information content (AvgIpc) is 3.17. The third kappa shape index (κ3) is 5.63. The molecule has 4 rings (SSSR count). The van der Waals surface area contributed by atoms with Gasteiger partial charge in [0.2, 0.25) is 0 Å². The number of hydrogen-bond acceptors (Lipinski definition) is 6. The summed E-state index contributed by atoms with van der Waals surface area (Å²) in [6, 6.07) is 1.84. The lowest BCUT2D eigenvalue weighted by atomic mass is 9.87. The van der Waals surface area contributed by atoms with Crippen LogP contribution in [0.5, 0.6) is 0 Å². The van der Waals surface area contributed by atoms with Crippen LogP contribution >= 0.6 is 36.2 Å². The third-order valence-electron chi connectivity index (χ3n) is 5.86. The number of halogens is 2. The van der Waals surface area contributed by atoms with Gasteiger partial charge in [0.05, 0.1) is 5.69 Å². The van der Waals surface area contributed by atoms with Gasteiger partial charge in [-0.15, -0.1) is 36.2 Å². The molecule has 0 spiro atoms. The number of amides is 1. The van der Waals surface area contributed by atoms with Crippen LogP contribution in [-0.4, -0.2) is 24.0 Å². The fraction of sp³-hybridized carbons (Fsp3) is 0.571. The zero-order valence-corrected chi connectivity index (χ0v) is 19.5. The van der Waals surface area contributed by atoms with Gasteiger partial charge < -0.3 is 9.73 Å². The number of rotatable bonds is 4. The van der Waals surface area contributed by atoms with Gasteiger partial charge in [0.15, 0.2) is 5.13 Å². The second-order valence-corrected chi connectivity index (χ2v) is 8.76. The Kier molecular flexibility index (Phi) is 9.34. The van der Waals surface area contributed by atoms with Crippen LogP contribution in [0, 0.1) is 6.92 Å². The topological polar surface area (TPSA) is 84.2 Å². The van der Waals surface area contributed by atoms with E-state index in [1.807, 2.05) is 11.4 Å². The van der Waals surface area contributed by atoms with E-state index in [0.29, 0.717) is 22.4 Å². The van der Waals surface area contributed by atoms with Crippen LogP contribution in [0.2, 0.25) is 0 Å². The van der Waals surface area contributed by atoms with Gasteiger partial charge in [-0.2, -0.15) is 0 Å². The summed E-state index contributed by atoms with van der Waals surface area (Å²) in [6.45, 7) is 3.59. The Morgan fingerprint density at radius 2 is 1.90 bits per heavy atom. The fourth-order valence-electron chi connectivity index (χ4n) is 4.29. The van der Waals surface area contributed by atoms with Crippen LogP contribution in [0.3, 0.4) is 0 Å². The van der Waals surface area contributed by atoms with Gasteiger partial charge in [0.25, 0.3) is 5.91 Å². The van der Waals surface area contributed by atoms with Crippen molar-refractivity contribution < 1.29 is 9.21 Å². The molecule has 2 aliphatic rings. The minimum absolute atomic E-state index is 0. The normalized spacial score (nSPS) is 19.4. The van der Waals surface area contributed by atoms with Gasteiger partial charge >= 0.3 is 5.63 Å². The highest BCUT2D eigenvalue weighted by atomic mass is 35.5. The Bertz CT molecular complexity index is 903. The molecular formula is C21H29Cl2N3O3S. The van der Waals surface area contributed by atoms with Crippen molar-refractivity contribution in [3.8, 4) is 0 Å². The van der Waals surface area contributed by atoms with Crippen LogP contribution in [0.25, 0.3) is 0 Å². The predicted molar refractivity (Wildman–Crippen MR) is 125 cm³/mol. The van der Waals surface area contributed by atoms with Gasteiger partial charge in [-0.05, 0) is 50.8 Å². The van der Waals surface area contributed by atoms with Gasteiger partial charge in [-0.3, -0.25) is 10.1 Å². The molecule has 2 N–H and O–H groups in total. The summed E-state index contributed by atoms with van der Waals surface area (Å²) in [5.41, 5.74) is 1.21. The maximum absolute atomic E-state index is 12.7. The first-order valence-corrected chi connectivity index (χ1v) is 11.1. The van der Waals surface area contributed by atoms with Crippen molar-refractivity contribution in [2.45, 2.75) is 63.7 Å². The van der Waals surface area contributed by atoms with Crippen LogP contribution in [-0.2, 0) is 0 Å². The van der Waals surface area contributed by atoms with Crippen molar-refractivity contribution in [1.29, 1.82) is 0 Å². The number of aryl methyl sites for hydroxylation is 1. The first-order chi connectivity index (χ1) is 13.6. The number of anilines is 1. The molecule has 30 heavy (non-hydrogen) atoms. The lowest BCUT2D eigenvalue weighted by Gasteiger charge is -2.22. The maximum atomic E-state index is 12.7. The number of hydrogen-bond donors (Lipinski definition) is 2. The van der Waals surface area contributed by atoms with E-state index < -0.39 is 11.5 Å². The van der Waals surface area contributed by atoms with Crippen LogP contribution in [0.4, 0.5) is 5.13 Å². The summed E-state index contributed by atoms with van der Waals surface area (Å²) < 4.78 is 5.51. The lowest BCUT2D eigenvalue weighted by Crippen LogP contribution is -2.30. The summed E-state index contributed by atoms with van der Waals surface area (Å²) in [5, 5.41) is 8.69. The fourth-order valence-corrected chi connectivity index (χ4v) is 5.08. The smallest absolute Gasteiger partial charge is 0.349 e. The molecule has 1 atom stereocenters. The Labute approximate surface area is 193 Å². The standard InChI is InChI=1S/C21H27N3O3S.2ClH/c1-13-10-17(15-8-5-9-22-11-15)27-20(26)18(13)19(25)24-21-23-16(12-28-21)14-6-3-2-4-7-14;;/h10,12,14-15,22H,2-9,11H2,1H3,(H,23,24,25);2*1H. The molecule has 1 aliphatic heterocycles. The first kappa shape index (κ1) is 24.9. The van der Waals surface area contributed by atoms with Crippen molar-refractivity contribution >= 4 is 47.2 Å². The van der Waals surface area contributed by atoms with Crippen molar-refractivity contribution in [3.63, 3.8) is 0 Å². The molecular weight excluding hydrogens is 445 g/mol. The highest BCUT2D eigenvalue weighted by Gasteiger charge is 2.24. The molecule has 1 saturated heterocycles. The molecule has 0 bridgehead atoms. The van der Waals surface area contributed by atoms with E-state index in [1.165, 1.54) is 30.6 Å². The molecule has 2 fully saturated rings. The highest BCUT2D eigenvalue weighted by Crippen LogP contribution is 2.34. The van der Waals surface area contributed by atoms with Gasteiger partial charge in [0.1, 0.15) is 11.3 Å². The molecule has 2 aromatic rings. The van der Waals surface area contributed by atoms with E-state index in [9.17, 15) is 9.59 Å². The zero-order chi connectivity index (χ0) is 19.5. The Hall–Kier alpha value is -1.41. The van der Waals surface area contributed by atoms with E-state index in [2.05, 4.69) is 15.6 Å². The molecule has 1 saturated carbocycles. The number of carbonyl (C=O) groups excluding carboxylic acids is 1. The summed E-state index contributed by atoms with van der Waals surface area (Å²) in [6.07, 6.45) is 8.16. The summed E-state index contributed by atoms with van der Waals surface area (Å²) in [7, 11) is 0. The minimum Gasteiger partial charge on any atom is -0.427 e. The lowest BCUT2D eigenvalue weighted by molar-refractivity contribution is 0.102. The Morgan fingerprint density at radius 1 is 1.17 bits per heavy atom. The van der Waals surface area contributed by atoms with Crippen molar-refractivity contribution in [1.82, 2.24) is 10.3 Å². The molecule has 1 amide bonds. The average molecular weight is 474 g/mol. The number of nitrogens with zero attached hydrogens (tertiary/aromatic N) is 1. The zero-order valence-electron chi connectivity index (χ0n) is 17.1. The molecule has 6 nitrogen and oxygen atoms in total. The minimum atomic E-state index is -0.567. The molecule has 9 heteroatoms. The van der Waals surface area contributed by atoms with E-state index in [1.54, 1.807) is 6.92 Å². The van der Waals surface area contributed by atoms with E-state index in [0.717, 1.165) is 44.5 Å². The number of nitrogens with one attached hydrogen (secondary N) is 2. The summed E-state index contributed by atoms with van der Waals surface area (Å²) in [4.78, 5) is 29.8. The Balaban J connectivity index is 0.00000160. The van der Waals surface area contributed by atoms with E-state index in [4.69, 9.17) is 4.42 Å². The predicted octanol–water partition coefficient (Wildman–Crippen LogP) is 5.02. The van der Waals surface area contributed by atoms with Crippen LogP contribution in [0.15, 0.2) is 20.7 Å². The second kappa shape index (κ2) is 11.3. The third-order valence-corrected chi connectivity index (χ3v) is 6.64. The maximum Gasteiger partial charge on any atom is 0.349 e. The quantitative estimate of drug-likeness (QED) is 0.651. The molecule has 2 aromatic heterocycles. The van der Waals surface area contributed by atoms with Gasteiger partial charge in [0, 0.05) is 23.8 Å². The van der Waals surface area contributed by atoms with Crippen molar-refractivity contribution in [2.75, 3.05) is 18.4 Å². The van der Waals surface area contributed by atoms with Crippen LogP contribution in [0.1, 0.15) is 84.2 Å². The number of aromatic nitrogens is 1. The number of piperidine rings is 1. The van der Waals surface area contributed by atoms with Gasteiger partial charge in [-0.25, -0.2) is 9.78 Å². The van der Waals surface area contributed by atoms with Crippen LogP contribution < -0.4 is 16.3 Å². The van der Waals surface area contributed by atoms with Gasteiger partial charge in [-0.1, -0.05) is 19.3 Å². The molecule has 166 valence electrons. The second-order valence-electron chi connectivity index (χ2n) is 7.90. The van der Waals surface area contributed by atoms with E-state index >= 15 is 0 Å². The molecule has 0 aromatic carbocycles. The largest absolute Gasteiger partial charge is 0.427 e. The summed E-state index contributed by atoms with van der Waals surface area (Å²) >= 11 is 1.42. The molecule has 0 radical (unpaired) electrons. The monoisotopic (exact) mass is 473 g/mol. The van der Waals surface area contributed by atoms with Crippen molar-refractivity contribution in [3.05, 3.63) is 44.4 Å². The molecule has 1 unspecified atom stereocenters. The summed E-state index contributed by atoms with van der Waals surface area (Å²) in [5.74, 6) is 0.907. The number of thiazole rings is 1. The van der Waals surface area contributed by atoms with Crippen molar-refractivity contribution in [2.24, 2.45) is 0 Å². The highest BCUT2D eigenvalue weighted by molar-refractivity contribution is 7.14. The number of carbonyl (C=O) groups is 1. The van der Waals surface area contributed by atoms with E-state index in [-0.39, 0.29) is 36.3 Å².